The molecule has 5 aromatic rings. The molecule has 0 radical (unpaired) electrons. The van der Waals surface area contributed by atoms with Crippen molar-refractivity contribution in [3.8, 4) is 28.3 Å². The first-order valence-electron chi connectivity index (χ1n) is 10.8. The van der Waals surface area contributed by atoms with E-state index in [1.807, 2.05) is 78.9 Å². The average Bonchev–Trinajstić information content (AvgIpc) is 3.38. The highest BCUT2D eigenvalue weighted by atomic mass is 16.5. The topological polar surface area (TPSA) is 67.0 Å². The van der Waals surface area contributed by atoms with Crippen molar-refractivity contribution in [1.29, 1.82) is 0 Å². The molecule has 0 bridgehead atoms. The van der Waals surface area contributed by atoms with Crippen LogP contribution in [0.25, 0.3) is 33.3 Å². The third-order valence-electron chi connectivity index (χ3n) is 5.72. The summed E-state index contributed by atoms with van der Waals surface area (Å²) in [5, 5.41) is 12.9. The monoisotopic (exact) mass is 433 g/mol. The minimum atomic E-state index is -0.101. The number of carbonyl (C=O) groups excluding carboxylic acids is 1. The molecule has 0 spiro atoms. The van der Waals surface area contributed by atoms with Crippen molar-refractivity contribution in [1.82, 2.24) is 15.5 Å². The zero-order valence-electron chi connectivity index (χ0n) is 18.2. The molecule has 0 aliphatic carbocycles. The van der Waals surface area contributed by atoms with Crippen molar-refractivity contribution in [3.05, 3.63) is 108 Å². The number of hydrogen-bond donors (Lipinski definition) is 2. The molecule has 0 saturated carbocycles. The molecule has 0 aliphatic heterocycles. The van der Waals surface area contributed by atoms with E-state index in [9.17, 15) is 4.79 Å². The molecular weight excluding hydrogens is 410 g/mol. The zero-order chi connectivity index (χ0) is 22.6. The maximum Gasteiger partial charge on any atom is 0.251 e. The SMILES string of the molecule is COc1cccc(-c2cc(-c3ccc(C(=O)NCc4cccc5ccccc45)cc3)[nH]n2)c1. The molecule has 0 atom stereocenters. The smallest absolute Gasteiger partial charge is 0.251 e. The first-order chi connectivity index (χ1) is 16.2. The number of ether oxygens (including phenoxy) is 1. The van der Waals surface area contributed by atoms with Gasteiger partial charge in [0.15, 0.2) is 0 Å². The first-order valence-corrected chi connectivity index (χ1v) is 10.8. The number of benzene rings is 4. The number of methoxy groups -OCH3 is 1. The van der Waals surface area contributed by atoms with Gasteiger partial charge in [-0.25, -0.2) is 0 Å². The Hall–Kier alpha value is -4.38. The summed E-state index contributed by atoms with van der Waals surface area (Å²) >= 11 is 0. The van der Waals surface area contributed by atoms with Crippen LogP contribution < -0.4 is 10.1 Å². The van der Waals surface area contributed by atoms with E-state index in [0.29, 0.717) is 12.1 Å². The fraction of sp³-hybridized carbons (Fsp3) is 0.0714. The van der Waals surface area contributed by atoms with Gasteiger partial charge in [-0.05, 0) is 52.2 Å². The van der Waals surface area contributed by atoms with Gasteiger partial charge in [0, 0.05) is 17.7 Å². The number of aromatic nitrogens is 2. The predicted molar refractivity (Wildman–Crippen MR) is 131 cm³/mol. The lowest BCUT2D eigenvalue weighted by Gasteiger charge is -2.09. The minimum absolute atomic E-state index is 0.101. The Morgan fingerprint density at radius 1 is 0.879 bits per heavy atom. The van der Waals surface area contributed by atoms with Gasteiger partial charge in [-0.1, -0.05) is 66.7 Å². The van der Waals surface area contributed by atoms with Crippen molar-refractivity contribution in [3.63, 3.8) is 0 Å². The van der Waals surface area contributed by atoms with E-state index in [-0.39, 0.29) is 5.91 Å². The summed E-state index contributed by atoms with van der Waals surface area (Å²) in [6, 6.07) is 31.6. The van der Waals surface area contributed by atoms with Gasteiger partial charge in [0.25, 0.3) is 5.91 Å². The predicted octanol–water partition coefficient (Wildman–Crippen LogP) is 5.84. The molecule has 0 fully saturated rings. The normalized spacial score (nSPS) is 10.8. The fourth-order valence-electron chi connectivity index (χ4n) is 3.93. The summed E-state index contributed by atoms with van der Waals surface area (Å²) in [5.74, 6) is 0.687. The number of aromatic amines is 1. The van der Waals surface area contributed by atoms with Gasteiger partial charge in [-0.3, -0.25) is 9.89 Å². The molecule has 1 heterocycles. The third kappa shape index (κ3) is 4.34. The van der Waals surface area contributed by atoms with Crippen LogP contribution in [0.5, 0.6) is 5.75 Å². The lowest BCUT2D eigenvalue weighted by Crippen LogP contribution is -2.22. The van der Waals surface area contributed by atoms with Crippen LogP contribution in [0.3, 0.4) is 0 Å². The van der Waals surface area contributed by atoms with Crippen molar-refractivity contribution in [2.45, 2.75) is 6.54 Å². The number of H-pyrrole nitrogens is 1. The van der Waals surface area contributed by atoms with Crippen LogP contribution >= 0.6 is 0 Å². The summed E-state index contributed by atoms with van der Waals surface area (Å²) in [5.41, 5.74) is 5.37. The highest BCUT2D eigenvalue weighted by Gasteiger charge is 2.10. The van der Waals surface area contributed by atoms with Crippen molar-refractivity contribution in [2.75, 3.05) is 7.11 Å². The molecule has 162 valence electrons. The second kappa shape index (κ2) is 9.01. The van der Waals surface area contributed by atoms with E-state index in [2.05, 4.69) is 33.7 Å². The molecule has 1 amide bonds. The fourth-order valence-corrected chi connectivity index (χ4v) is 3.93. The van der Waals surface area contributed by atoms with Gasteiger partial charge in [-0.2, -0.15) is 5.10 Å². The van der Waals surface area contributed by atoms with E-state index in [1.165, 1.54) is 5.39 Å². The summed E-state index contributed by atoms with van der Waals surface area (Å²) in [7, 11) is 1.65. The van der Waals surface area contributed by atoms with Gasteiger partial charge in [0.1, 0.15) is 5.75 Å². The molecular formula is C28H23N3O2. The molecule has 33 heavy (non-hydrogen) atoms. The van der Waals surface area contributed by atoms with Crippen LogP contribution in [0.2, 0.25) is 0 Å². The molecule has 2 N–H and O–H groups in total. The maximum absolute atomic E-state index is 12.7. The summed E-state index contributed by atoms with van der Waals surface area (Å²) in [6.45, 7) is 0.479. The van der Waals surface area contributed by atoms with Gasteiger partial charge < -0.3 is 10.1 Å². The second-order valence-electron chi connectivity index (χ2n) is 7.80. The zero-order valence-corrected chi connectivity index (χ0v) is 18.2. The van der Waals surface area contributed by atoms with E-state index in [4.69, 9.17) is 4.74 Å². The number of rotatable bonds is 6. The van der Waals surface area contributed by atoms with Gasteiger partial charge in [-0.15, -0.1) is 0 Å². The highest BCUT2D eigenvalue weighted by Crippen LogP contribution is 2.26. The van der Waals surface area contributed by atoms with Crippen LogP contribution in [0.4, 0.5) is 0 Å². The maximum atomic E-state index is 12.7. The van der Waals surface area contributed by atoms with Gasteiger partial charge in [0.05, 0.1) is 18.5 Å². The van der Waals surface area contributed by atoms with Crippen LogP contribution in [-0.4, -0.2) is 23.2 Å². The Balaban J connectivity index is 1.28. The van der Waals surface area contributed by atoms with E-state index in [0.717, 1.165) is 39.2 Å². The van der Waals surface area contributed by atoms with Crippen molar-refractivity contribution in [2.24, 2.45) is 0 Å². The molecule has 4 aromatic carbocycles. The third-order valence-corrected chi connectivity index (χ3v) is 5.72. The largest absolute Gasteiger partial charge is 0.497 e. The lowest BCUT2D eigenvalue weighted by atomic mass is 10.0. The second-order valence-corrected chi connectivity index (χ2v) is 7.80. The average molecular weight is 434 g/mol. The van der Waals surface area contributed by atoms with Crippen molar-refractivity contribution < 1.29 is 9.53 Å². The number of amides is 1. The van der Waals surface area contributed by atoms with Crippen LogP contribution in [-0.2, 0) is 6.54 Å². The summed E-state index contributed by atoms with van der Waals surface area (Å²) in [6.07, 6.45) is 0. The number of carbonyl (C=O) groups is 1. The first kappa shape index (κ1) is 20.5. The highest BCUT2D eigenvalue weighted by molar-refractivity contribution is 5.95. The number of hydrogen-bond acceptors (Lipinski definition) is 3. The van der Waals surface area contributed by atoms with E-state index in [1.54, 1.807) is 7.11 Å². The lowest BCUT2D eigenvalue weighted by molar-refractivity contribution is 0.0951. The molecule has 0 unspecified atom stereocenters. The van der Waals surface area contributed by atoms with Crippen molar-refractivity contribution >= 4 is 16.7 Å². The molecule has 0 aliphatic rings. The Bertz CT molecular complexity index is 1420. The Morgan fingerprint density at radius 2 is 1.67 bits per heavy atom. The van der Waals surface area contributed by atoms with Gasteiger partial charge >= 0.3 is 0 Å². The summed E-state index contributed by atoms with van der Waals surface area (Å²) in [4.78, 5) is 12.7. The van der Waals surface area contributed by atoms with E-state index < -0.39 is 0 Å². The van der Waals surface area contributed by atoms with Crippen LogP contribution in [0.15, 0.2) is 97.1 Å². The minimum Gasteiger partial charge on any atom is -0.497 e. The van der Waals surface area contributed by atoms with Crippen LogP contribution in [0.1, 0.15) is 15.9 Å². The van der Waals surface area contributed by atoms with Crippen LogP contribution in [0, 0.1) is 0 Å². The molecule has 5 rings (SSSR count). The summed E-state index contributed by atoms with van der Waals surface area (Å²) < 4.78 is 5.30. The number of nitrogens with one attached hydrogen (secondary N) is 2. The number of nitrogens with zero attached hydrogens (tertiary/aromatic N) is 1. The Labute approximate surface area is 192 Å². The standard InChI is InChI=1S/C28H23N3O2/c1-33-24-10-5-8-22(16-24)27-17-26(30-31-27)20-12-14-21(15-13-20)28(32)29-18-23-9-4-7-19-6-2-3-11-25(19)23/h2-17H,18H2,1H3,(H,29,32)(H,30,31). The number of fused-ring (bicyclic) bond motifs is 1. The molecule has 5 nitrogen and oxygen atoms in total. The molecule has 1 aromatic heterocycles. The van der Waals surface area contributed by atoms with Gasteiger partial charge in [0.2, 0.25) is 0 Å². The molecule has 0 saturated heterocycles. The van der Waals surface area contributed by atoms with E-state index >= 15 is 0 Å². The Kier molecular flexibility index (Phi) is 5.60. The Morgan fingerprint density at radius 3 is 2.52 bits per heavy atom. The quantitative estimate of drug-likeness (QED) is 0.354. The molecule has 5 heteroatoms.